The van der Waals surface area contributed by atoms with Gasteiger partial charge in [-0.15, -0.1) is 0 Å². The Morgan fingerprint density at radius 1 is 1.00 bits per heavy atom. The number of halogens is 3. The van der Waals surface area contributed by atoms with Crippen LogP contribution in [0.1, 0.15) is 17.2 Å². The normalized spacial score (nSPS) is 12.6. The van der Waals surface area contributed by atoms with E-state index in [1.54, 1.807) is 0 Å². The standard InChI is InChI=1S/C17H12BrClIN/c18-14-7-6-13(11-3-1-2-4-12(11)14)17(21)10-5-8-16(20)15(19)9-10/h1-9,17H,21H2. The Balaban J connectivity index is 2.15. The second-order valence-electron chi connectivity index (χ2n) is 4.83. The van der Waals surface area contributed by atoms with E-state index < -0.39 is 0 Å². The van der Waals surface area contributed by atoms with Crippen LogP contribution in [0.3, 0.4) is 0 Å². The third kappa shape index (κ3) is 2.97. The highest BCUT2D eigenvalue weighted by Gasteiger charge is 2.14. The highest BCUT2D eigenvalue weighted by Crippen LogP contribution is 2.33. The average Bonchev–Trinajstić information content (AvgIpc) is 2.50. The van der Waals surface area contributed by atoms with Gasteiger partial charge in [0.25, 0.3) is 0 Å². The van der Waals surface area contributed by atoms with E-state index in [-0.39, 0.29) is 6.04 Å². The first-order valence-corrected chi connectivity index (χ1v) is 8.70. The van der Waals surface area contributed by atoms with Gasteiger partial charge in [0.15, 0.2) is 0 Å². The van der Waals surface area contributed by atoms with Crippen molar-refractivity contribution in [2.24, 2.45) is 5.73 Å². The molecule has 0 aliphatic carbocycles. The zero-order valence-electron chi connectivity index (χ0n) is 11.0. The number of fused-ring (bicyclic) bond motifs is 1. The van der Waals surface area contributed by atoms with Gasteiger partial charge in [-0.05, 0) is 62.7 Å². The first kappa shape index (κ1) is 15.3. The van der Waals surface area contributed by atoms with Crippen LogP contribution in [0.15, 0.2) is 59.1 Å². The molecule has 0 bridgehead atoms. The Labute approximate surface area is 150 Å². The fourth-order valence-corrected chi connectivity index (χ4v) is 3.44. The first-order chi connectivity index (χ1) is 10.1. The van der Waals surface area contributed by atoms with Gasteiger partial charge in [0.05, 0.1) is 11.1 Å². The molecule has 0 heterocycles. The van der Waals surface area contributed by atoms with Crippen molar-refractivity contribution >= 4 is 60.9 Å². The third-order valence-electron chi connectivity index (χ3n) is 3.54. The summed E-state index contributed by atoms with van der Waals surface area (Å²) < 4.78 is 2.11. The molecule has 3 aromatic carbocycles. The summed E-state index contributed by atoms with van der Waals surface area (Å²) in [6.45, 7) is 0. The molecule has 0 saturated heterocycles. The van der Waals surface area contributed by atoms with Gasteiger partial charge >= 0.3 is 0 Å². The zero-order chi connectivity index (χ0) is 15.0. The van der Waals surface area contributed by atoms with Crippen LogP contribution in [0, 0.1) is 3.57 Å². The minimum Gasteiger partial charge on any atom is -0.320 e. The Morgan fingerprint density at radius 3 is 2.43 bits per heavy atom. The predicted molar refractivity (Wildman–Crippen MR) is 102 cm³/mol. The summed E-state index contributed by atoms with van der Waals surface area (Å²) in [5.41, 5.74) is 8.60. The lowest BCUT2D eigenvalue weighted by molar-refractivity contribution is 0.880. The van der Waals surface area contributed by atoms with Gasteiger partial charge in [0, 0.05) is 8.04 Å². The molecule has 0 amide bonds. The summed E-state index contributed by atoms with van der Waals surface area (Å²) in [6.07, 6.45) is 0. The summed E-state index contributed by atoms with van der Waals surface area (Å²) in [5, 5.41) is 3.07. The predicted octanol–water partition coefficient (Wildman–Crippen LogP) is 5.91. The van der Waals surface area contributed by atoms with Crippen LogP contribution in [0.2, 0.25) is 5.02 Å². The van der Waals surface area contributed by atoms with Crippen LogP contribution in [0.4, 0.5) is 0 Å². The second kappa shape index (κ2) is 6.24. The molecule has 0 spiro atoms. The van der Waals surface area contributed by atoms with Crippen molar-refractivity contribution in [2.75, 3.05) is 0 Å². The first-order valence-electron chi connectivity index (χ1n) is 6.45. The van der Waals surface area contributed by atoms with Gasteiger partial charge < -0.3 is 5.73 Å². The molecule has 106 valence electrons. The van der Waals surface area contributed by atoms with Gasteiger partial charge in [-0.25, -0.2) is 0 Å². The lowest BCUT2D eigenvalue weighted by Crippen LogP contribution is -2.12. The second-order valence-corrected chi connectivity index (χ2v) is 7.26. The molecular formula is C17H12BrClIN. The maximum Gasteiger partial charge on any atom is 0.0558 e. The minimum atomic E-state index is -0.197. The largest absolute Gasteiger partial charge is 0.320 e. The van der Waals surface area contributed by atoms with E-state index in [0.717, 1.165) is 29.6 Å². The summed E-state index contributed by atoms with van der Waals surface area (Å²) >= 11 is 12.0. The Bertz CT molecular complexity index is 819. The molecule has 2 N–H and O–H groups in total. The van der Waals surface area contributed by atoms with Crippen LogP contribution in [-0.4, -0.2) is 0 Å². The molecule has 3 aromatic rings. The average molecular weight is 473 g/mol. The summed E-state index contributed by atoms with van der Waals surface area (Å²) in [7, 11) is 0. The lowest BCUT2D eigenvalue weighted by atomic mass is 9.94. The van der Waals surface area contributed by atoms with E-state index in [4.69, 9.17) is 17.3 Å². The van der Waals surface area contributed by atoms with Crippen molar-refractivity contribution in [3.05, 3.63) is 78.8 Å². The van der Waals surface area contributed by atoms with Crippen LogP contribution >= 0.6 is 50.1 Å². The molecule has 0 aliphatic rings. The van der Waals surface area contributed by atoms with Crippen molar-refractivity contribution in [1.29, 1.82) is 0 Å². The zero-order valence-corrected chi connectivity index (χ0v) is 15.5. The fourth-order valence-electron chi connectivity index (χ4n) is 2.44. The van der Waals surface area contributed by atoms with Crippen LogP contribution in [-0.2, 0) is 0 Å². The smallest absolute Gasteiger partial charge is 0.0558 e. The monoisotopic (exact) mass is 471 g/mol. The van der Waals surface area contributed by atoms with E-state index in [1.165, 1.54) is 5.39 Å². The SMILES string of the molecule is NC(c1ccc(I)c(Cl)c1)c1ccc(Br)c2ccccc12. The fraction of sp³-hybridized carbons (Fsp3) is 0.0588. The molecule has 3 rings (SSSR count). The number of nitrogens with two attached hydrogens (primary N) is 1. The van der Waals surface area contributed by atoms with Crippen molar-refractivity contribution in [1.82, 2.24) is 0 Å². The van der Waals surface area contributed by atoms with E-state index in [2.05, 4.69) is 56.7 Å². The molecule has 4 heteroatoms. The van der Waals surface area contributed by atoms with Gasteiger partial charge in [0.1, 0.15) is 0 Å². The van der Waals surface area contributed by atoms with Crippen LogP contribution in [0.25, 0.3) is 10.8 Å². The van der Waals surface area contributed by atoms with Gasteiger partial charge in [-0.3, -0.25) is 0 Å². The lowest BCUT2D eigenvalue weighted by Gasteiger charge is -2.16. The number of hydrogen-bond donors (Lipinski definition) is 1. The molecular weight excluding hydrogens is 460 g/mol. The minimum absolute atomic E-state index is 0.197. The highest BCUT2D eigenvalue weighted by molar-refractivity contribution is 14.1. The van der Waals surface area contributed by atoms with Gasteiger partial charge in [-0.1, -0.05) is 63.9 Å². The number of rotatable bonds is 2. The molecule has 1 nitrogen and oxygen atoms in total. The molecule has 1 atom stereocenters. The highest BCUT2D eigenvalue weighted by atomic mass is 127. The Morgan fingerprint density at radius 2 is 1.71 bits per heavy atom. The Kier molecular flexibility index (Phi) is 4.54. The maximum absolute atomic E-state index is 6.48. The maximum atomic E-state index is 6.48. The van der Waals surface area contributed by atoms with E-state index in [9.17, 15) is 0 Å². The van der Waals surface area contributed by atoms with Crippen molar-refractivity contribution in [2.45, 2.75) is 6.04 Å². The number of hydrogen-bond acceptors (Lipinski definition) is 1. The molecule has 0 saturated carbocycles. The molecule has 0 fully saturated rings. The van der Waals surface area contributed by atoms with E-state index in [1.807, 2.05) is 36.4 Å². The van der Waals surface area contributed by atoms with Gasteiger partial charge in [-0.2, -0.15) is 0 Å². The van der Waals surface area contributed by atoms with Crippen molar-refractivity contribution in [3.8, 4) is 0 Å². The molecule has 0 aromatic heterocycles. The van der Waals surface area contributed by atoms with Crippen LogP contribution in [0.5, 0.6) is 0 Å². The molecule has 1 unspecified atom stereocenters. The Hall–Kier alpha value is -0.620. The molecule has 0 aliphatic heterocycles. The third-order valence-corrected chi connectivity index (χ3v) is 5.81. The van der Waals surface area contributed by atoms with Crippen molar-refractivity contribution in [3.63, 3.8) is 0 Å². The summed E-state index contributed by atoms with van der Waals surface area (Å²) in [6, 6.07) is 18.2. The topological polar surface area (TPSA) is 26.0 Å². The molecule has 21 heavy (non-hydrogen) atoms. The van der Waals surface area contributed by atoms with Gasteiger partial charge in [0.2, 0.25) is 0 Å². The van der Waals surface area contributed by atoms with E-state index in [0.29, 0.717) is 0 Å². The quantitative estimate of drug-likeness (QED) is 0.461. The van der Waals surface area contributed by atoms with Crippen molar-refractivity contribution < 1.29 is 0 Å². The summed E-state index contributed by atoms with van der Waals surface area (Å²) in [4.78, 5) is 0. The van der Waals surface area contributed by atoms with E-state index >= 15 is 0 Å². The molecule has 0 radical (unpaired) electrons. The van der Waals surface area contributed by atoms with Crippen LogP contribution < -0.4 is 5.73 Å². The number of benzene rings is 3. The summed E-state index contributed by atoms with van der Waals surface area (Å²) in [5.74, 6) is 0.